The zero-order valence-electron chi connectivity index (χ0n) is 9.65. The molecule has 2 rings (SSSR count). The van der Waals surface area contributed by atoms with E-state index in [1.807, 2.05) is 0 Å². The van der Waals surface area contributed by atoms with Gasteiger partial charge in [-0.1, -0.05) is 18.2 Å². The predicted molar refractivity (Wildman–Crippen MR) is 66.5 cm³/mol. The third-order valence-corrected chi connectivity index (χ3v) is 2.46. The average molecular weight is 244 g/mol. The van der Waals surface area contributed by atoms with E-state index in [0.29, 0.717) is 24.3 Å². The largest absolute Gasteiger partial charge is 0.492 e. The average Bonchev–Trinajstić information content (AvgIpc) is 2.40. The van der Waals surface area contributed by atoms with Crippen molar-refractivity contribution in [3.63, 3.8) is 0 Å². The number of nitrogens with zero attached hydrogens (tertiary/aromatic N) is 2. The summed E-state index contributed by atoms with van der Waals surface area (Å²) in [6.07, 6.45) is 3.76. The predicted octanol–water partition coefficient (Wildman–Crippen LogP) is 2.61. The van der Waals surface area contributed by atoms with Gasteiger partial charge in [0, 0.05) is 24.2 Å². The van der Waals surface area contributed by atoms with E-state index in [4.69, 9.17) is 4.74 Å². The van der Waals surface area contributed by atoms with Crippen LogP contribution in [0.25, 0.3) is 0 Å². The standard InChI is InChI=1S/C13H12N2O3/c16-15(17)13-6-2-1-4-11(13)7-9-18-12-5-3-8-14-10-12/h1-6,8,10H,7,9H2. The summed E-state index contributed by atoms with van der Waals surface area (Å²) in [5, 5.41) is 10.8. The van der Waals surface area contributed by atoms with Crippen LogP contribution in [0.15, 0.2) is 48.8 Å². The molecule has 0 unspecified atom stereocenters. The van der Waals surface area contributed by atoms with Crippen LogP contribution < -0.4 is 4.74 Å². The Kier molecular flexibility index (Phi) is 3.86. The molecule has 0 spiro atoms. The van der Waals surface area contributed by atoms with Crippen LogP contribution in [0.1, 0.15) is 5.56 Å². The van der Waals surface area contributed by atoms with Crippen LogP contribution in [0.3, 0.4) is 0 Å². The van der Waals surface area contributed by atoms with Gasteiger partial charge in [0.2, 0.25) is 0 Å². The number of benzene rings is 1. The topological polar surface area (TPSA) is 65.3 Å². The van der Waals surface area contributed by atoms with E-state index in [1.54, 1.807) is 42.7 Å². The molecular weight excluding hydrogens is 232 g/mol. The minimum absolute atomic E-state index is 0.132. The van der Waals surface area contributed by atoms with Crippen LogP contribution in [0.2, 0.25) is 0 Å². The molecular formula is C13H12N2O3. The zero-order valence-corrected chi connectivity index (χ0v) is 9.65. The van der Waals surface area contributed by atoms with Gasteiger partial charge in [-0.3, -0.25) is 15.1 Å². The van der Waals surface area contributed by atoms with E-state index in [9.17, 15) is 10.1 Å². The van der Waals surface area contributed by atoms with Gasteiger partial charge < -0.3 is 4.74 Å². The third-order valence-electron chi connectivity index (χ3n) is 2.46. The first-order chi connectivity index (χ1) is 8.77. The summed E-state index contributed by atoms with van der Waals surface area (Å²) in [4.78, 5) is 14.4. The Morgan fingerprint density at radius 3 is 2.78 bits per heavy atom. The van der Waals surface area contributed by atoms with Crippen LogP contribution in [-0.2, 0) is 6.42 Å². The molecule has 0 radical (unpaired) electrons. The highest BCUT2D eigenvalue weighted by Gasteiger charge is 2.11. The maximum Gasteiger partial charge on any atom is 0.272 e. The number of hydrogen-bond acceptors (Lipinski definition) is 4. The highest BCUT2D eigenvalue weighted by molar-refractivity contribution is 5.39. The lowest BCUT2D eigenvalue weighted by Gasteiger charge is -2.05. The summed E-state index contributed by atoms with van der Waals surface area (Å²) in [6.45, 7) is 0.385. The number of pyridine rings is 1. The van der Waals surface area contributed by atoms with Gasteiger partial charge in [0.05, 0.1) is 17.7 Å². The molecule has 0 N–H and O–H groups in total. The SMILES string of the molecule is O=[N+]([O-])c1ccccc1CCOc1cccnc1. The van der Waals surface area contributed by atoms with Crippen molar-refractivity contribution in [2.75, 3.05) is 6.61 Å². The molecule has 0 fully saturated rings. The number of hydrogen-bond donors (Lipinski definition) is 0. The smallest absolute Gasteiger partial charge is 0.272 e. The molecule has 2 aromatic rings. The summed E-state index contributed by atoms with van der Waals surface area (Å²) < 4.78 is 5.46. The van der Waals surface area contributed by atoms with Gasteiger partial charge >= 0.3 is 0 Å². The van der Waals surface area contributed by atoms with Crippen molar-refractivity contribution >= 4 is 5.69 Å². The van der Waals surface area contributed by atoms with Gasteiger partial charge in [0.25, 0.3) is 5.69 Å². The summed E-state index contributed by atoms with van der Waals surface area (Å²) in [6, 6.07) is 10.3. The van der Waals surface area contributed by atoms with Crippen molar-refractivity contribution in [3.8, 4) is 5.75 Å². The molecule has 0 aliphatic carbocycles. The van der Waals surface area contributed by atoms with Gasteiger partial charge in [-0.25, -0.2) is 0 Å². The highest BCUT2D eigenvalue weighted by atomic mass is 16.6. The Bertz CT molecular complexity index is 529. The molecule has 1 heterocycles. The molecule has 1 aromatic carbocycles. The van der Waals surface area contributed by atoms with Crippen molar-refractivity contribution in [2.45, 2.75) is 6.42 Å². The number of para-hydroxylation sites is 1. The van der Waals surface area contributed by atoms with Gasteiger partial charge in [0.1, 0.15) is 5.75 Å². The van der Waals surface area contributed by atoms with Crippen LogP contribution in [-0.4, -0.2) is 16.5 Å². The van der Waals surface area contributed by atoms with Gasteiger partial charge in [-0.15, -0.1) is 0 Å². The molecule has 0 aliphatic heterocycles. The van der Waals surface area contributed by atoms with E-state index in [2.05, 4.69) is 4.98 Å². The molecule has 0 amide bonds. The van der Waals surface area contributed by atoms with E-state index in [1.165, 1.54) is 6.07 Å². The van der Waals surface area contributed by atoms with Gasteiger partial charge in [0.15, 0.2) is 0 Å². The van der Waals surface area contributed by atoms with E-state index in [0.717, 1.165) is 0 Å². The van der Waals surface area contributed by atoms with E-state index in [-0.39, 0.29) is 10.6 Å². The Labute approximate surface area is 104 Å². The molecule has 1 aromatic heterocycles. The van der Waals surface area contributed by atoms with Crippen LogP contribution in [0, 0.1) is 10.1 Å². The van der Waals surface area contributed by atoms with Crippen molar-refractivity contribution in [1.29, 1.82) is 0 Å². The second kappa shape index (κ2) is 5.77. The molecule has 18 heavy (non-hydrogen) atoms. The molecule has 5 nitrogen and oxygen atoms in total. The number of nitro benzene ring substituents is 1. The summed E-state index contributed by atoms with van der Waals surface area (Å²) in [5.41, 5.74) is 0.804. The fourth-order valence-corrected chi connectivity index (χ4v) is 1.61. The van der Waals surface area contributed by atoms with Crippen molar-refractivity contribution in [3.05, 3.63) is 64.5 Å². The second-order valence-corrected chi connectivity index (χ2v) is 3.67. The van der Waals surface area contributed by atoms with Crippen LogP contribution >= 0.6 is 0 Å². The fourth-order valence-electron chi connectivity index (χ4n) is 1.61. The lowest BCUT2D eigenvalue weighted by Crippen LogP contribution is -2.04. The monoisotopic (exact) mass is 244 g/mol. The lowest BCUT2D eigenvalue weighted by atomic mass is 10.1. The zero-order chi connectivity index (χ0) is 12.8. The number of ether oxygens (including phenoxy) is 1. The van der Waals surface area contributed by atoms with E-state index >= 15 is 0 Å². The van der Waals surface area contributed by atoms with Crippen LogP contribution in [0.5, 0.6) is 5.75 Å². The Balaban J connectivity index is 1.97. The Hall–Kier alpha value is -2.43. The van der Waals surface area contributed by atoms with Gasteiger partial charge in [-0.2, -0.15) is 0 Å². The minimum Gasteiger partial charge on any atom is -0.492 e. The molecule has 0 atom stereocenters. The minimum atomic E-state index is -0.376. The Morgan fingerprint density at radius 1 is 1.22 bits per heavy atom. The molecule has 5 heteroatoms. The Morgan fingerprint density at radius 2 is 2.06 bits per heavy atom. The number of rotatable bonds is 5. The summed E-state index contributed by atoms with van der Waals surface area (Å²) in [7, 11) is 0. The molecule has 0 saturated heterocycles. The first-order valence-corrected chi connectivity index (χ1v) is 5.52. The van der Waals surface area contributed by atoms with Crippen molar-refractivity contribution < 1.29 is 9.66 Å². The summed E-state index contributed by atoms with van der Waals surface area (Å²) in [5.74, 6) is 0.663. The van der Waals surface area contributed by atoms with E-state index < -0.39 is 0 Å². The quantitative estimate of drug-likeness (QED) is 0.599. The lowest BCUT2D eigenvalue weighted by molar-refractivity contribution is -0.385. The van der Waals surface area contributed by atoms with Gasteiger partial charge in [-0.05, 0) is 12.1 Å². The highest BCUT2D eigenvalue weighted by Crippen LogP contribution is 2.18. The van der Waals surface area contributed by atoms with Crippen molar-refractivity contribution in [1.82, 2.24) is 4.98 Å². The van der Waals surface area contributed by atoms with Crippen molar-refractivity contribution in [2.24, 2.45) is 0 Å². The first kappa shape index (κ1) is 12.0. The number of nitro groups is 1. The second-order valence-electron chi connectivity index (χ2n) is 3.67. The summed E-state index contributed by atoms with van der Waals surface area (Å²) >= 11 is 0. The maximum atomic E-state index is 10.8. The molecule has 0 saturated carbocycles. The molecule has 92 valence electrons. The molecule has 0 bridgehead atoms. The normalized spacial score (nSPS) is 10.0. The number of aromatic nitrogens is 1. The maximum absolute atomic E-state index is 10.8. The molecule has 0 aliphatic rings. The first-order valence-electron chi connectivity index (χ1n) is 5.52. The third kappa shape index (κ3) is 3.04. The fraction of sp³-hybridized carbons (Fsp3) is 0.154. The van der Waals surface area contributed by atoms with Crippen LogP contribution in [0.4, 0.5) is 5.69 Å².